The molecule has 0 amide bonds. The summed E-state index contributed by atoms with van der Waals surface area (Å²) >= 11 is 0. The quantitative estimate of drug-likeness (QED) is 0.750. The van der Waals surface area contributed by atoms with Crippen LogP contribution < -0.4 is 0 Å². The van der Waals surface area contributed by atoms with Crippen molar-refractivity contribution in [2.45, 2.75) is 26.1 Å². The average Bonchev–Trinajstić information content (AvgIpc) is 2.30. The highest BCUT2D eigenvalue weighted by Crippen LogP contribution is 2.30. The minimum atomic E-state index is 0.311. The molecule has 0 N–H and O–H groups in total. The zero-order valence-corrected chi connectivity index (χ0v) is 10.7. The summed E-state index contributed by atoms with van der Waals surface area (Å²) in [5.74, 6) is 0.789. The third-order valence-electron chi connectivity index (χ3n) is 2.76. The molecule has 88 valence electrons. The van der Waals surface area contributed by atoms with Crippen LogP contribution in [0, 0.1) is 5.92 Å². The van der Waals surface area contributed by atoms with Gasteiger partial charge in [0.15, 0.2) is 0 Å². The van der Waals surface area contributed by atoms with Gasteiger partial charge in [0.05, 0.1) is 19.3 Å². The molecule has 3 atom stereocenters. The Morgan fingerprint density at radius 3 is 2.94 bits per heavy atom. The maximum Gasteiger partial charge on any atom is 0.0850 e. The van der Waals surface area contributed by atoms with E-state index in [1.807, 2.05) is 18.2 Å². The van der Waals surface area contributed by atoms with Crippen molar-refractivity contribution in [1.82, 2.24) is 0 Å². The Labute approximate surface area is 99.2 Å². The lowest BCUT2D eigenvalue weighted by atomic mass is 10.1. The van der Waals surface area contributed by atoms with Crippen LogP contribution in [0.4, 0.5) is 0 Å². The third-order valence-corrected chi connectivity index (χ3v) is 4.13. The molecule has 1 aliphatic heterocycles. The van der Waals surface area contributed by atoms with Gasteiger partial charge in [-0.2, -0.15) is 0 Å². The topological polar surface area (TPSA) is 18.5 Å². The molecule has 0 bridgehead atoms. The summed E-state index contributed by atoms with van der Waals surface area (Å²) in [7, 11) is 0.660. The predicted molar refractivity (Wildman–Crippen MR) is 67.9 cm³/mol. The summed E-state index contributed by atoms with van der Waals surface area (Å²) in [6, 6.07) is 10.3. The number of ether oxygens (including phenoxy) is 1. The Kier molecular flexibility index (Phi) is 4.77. The summed E-state index contributed by atoms with van der Waals surface area (Å²) < 4.78 is 11.4. The number of hydrogen-bond donors (Lipinski definition) is 0. The summed E-state index contributed by atoms with van der Waals surface area (Å²) in [5, 5.41) is 0. The Morgan fingerprint density at radius 2 is 2.19 bits per heavy atom. The molecule has 0 saturated carbocycles. The van der Waals surface area contributed by atoms with E-state index in [-0.39, 0.29) is 0 Å². The van der Waals surface area contributed by atoms with Gasteiger partial charge >= 0.3 is 0 Å². The molecule has 1 heterocycles. The Bertz CT molecular complexity index is 302. The molecular formula is C13H19O2P. The fourth-order valence-electron chi connectivity index (χ4n) is 1.87. The predicted octanol–water partition coefficient (Wildman–Crippen LogP) is 3.22. The smallest absolute Gasteiger partial charge is 0.0850 e. The Morgan fingerprint density at radius 1 is 1.38 bits per heavy atom. The Hall–Kier alpha value is -0.430. The molecule has 1 aromatic rings. The molecule has 1 aliphatic rings. The van der Waals surface area contributed by atoms with Crippen molar-refractivity contribution in [2.75, 3.05) is 12.8 Å². The van der Waals surface area contributed by atoms with Gasteiger partial charge in [0.1, 0.15) is 0 Å². The highest BCUT2D eigenvalue weighted by Gasteiger charge is 2.19. The van der Waals surface area contributed by atoms with E-state index >= 15 is 0 Å². The zero-order chi connectivity index (χ0) is 11.2. The molecule has 2 nitrogen and oxygen atoms in total. The van der Waals surface area contributed by atoms with Crippen LogP contribution in [0.3, 0.4) is 0 Å². The van der Waals surface area contributed by atoms with Gasteiger partial charge in [-0.25, -0.2) is 0 Å². The van der Waals surface area contributed by atoms with E-state index in [2.05, 4.69) is 19.1 Å². The van der Waals surface area contributed by atoms with E-state index in [1.165, 1.54) is 11.7 Å². The molecule has 0 spiro atoms. The van der Waals surface area contributed by atoms with E-state index in [1.54, 1.807) is 0 Å². The van der Waals surface area contributed by atoms with E-state index in [0.717, 1.165) is 18.9 Å². The van der Waals surface area contributed by atoms with Gasteiger partial charge in [-0.1, -0.05) is 37.3 Å². The van der Waals surface area contributed by atoms with Crippen LogP contribution in [0.1, 0.15) is 18.9 Å². The molecule has 1 saturated heterocycles. The fraction of sp³-hybridized carbons (Fsp3) is 0.538. The summed E-state index contributed by atoms with van der Waals surface area (Å²) in [6.07, 6.45) is 2.67. The maximum atomic E-state index is 5.69. The molecule has 1 fully saturated rings. The monoisotopic (exact) mass is 238 g/mol. The van der Waals surface area contributed by atoms with Gasteiger partial charge in [0.2, 0.25) is 0 Å². The fourth-order valence-corrected chi connectivity index (χ4v) is 2.82. The minimum absolute atomic E-state index is 0.311. The first-order valence-corrected chi connectivity index (χ1v) is 6.96. The molecular weight excluding hydrogens is 219 g/mol. The molecule has 1 unspecified atom stereocenters. The van der Waals surface area contributed by atoms with Crippen molar-refractivity contribution >= 4 is 8.81 Å². The van der Waals surface area contributed by atoms with Crippen LogP contribution in [0.2, 0.25) is 0 Å². The lowest BCUT2D eigenvalue weighted by Gasteiger charge is -2.26. The second kappa shape index (κ2) is 6.34. The molecule has 2 rings (SSSR count). The Balaban J connectivity index is 1.68. The SMILES string of the molecule is C[C@@H]1CPO[C@H](COCc2ccccc2)C1. The van der Waals surface area contributed by atoms with E-state index < -0.39 is 0 Å². The van der Waals surface area contributed by atoms with Gasteiger partial charge in [0, 0.05) is 8.81 Å². The van der Waals surface area contributed by atoms with Gasteiger partial charge in [-0.05, 0) is 24.1 Å². The number of rotatable bonds is 4. The average molecular weight is 238 g/mol. The van der Waals surface area contributed by atoms with Crippen LogP contribution >= 0.6 is 8.81 Å². The molecule has 1 aromatic carbocycles. The number of benzene rings is 1. The maximum absolute atomic E-state index is 5.69. The third kappa shape index (κ3) is 3.86. The van der Waals surface area contributed by atoms with E-state index in [4.69, 9.17) is 9.26 Å². The van der Waals surface area contributed by atoms with Crippen molar-refractivity contribution in [3.63, 3.8) is 0 Å². The molecule has 0 aliphatic carbocycles. The lowest BCUT2D eigenvalue weighted by Crippen LogP contribution is -2.24. The first kappa shape index (κ1) is 12.0. The number of hydrogen-bond acceptors (Lipinski definition) is 2. The normalized spacial score (nSPS) is 27.1. The highest BCUT2D eigenvalue weighted by atomic mass is 31.1. The first-order valence-electron chi connectivity index (χ1n) is 5.85. The van der Waals surface area contributed by atoms with Crippen molar-refractivity contribution in [3.8, 4) is 0 Å². The standard InChI is InChI=1S/C13H19O2P/c1-11-7-13(15-16-10-11)9-14-8-12-5-3-2-4-6-12/h2-6,11,13,16H,7-10H2,1H3/t11-,13-/m0/s1. The first-order chi connectivity index (χ1) is 7.84. The summed E-state index contributed by atoms with van der Waals surface area (Å²) in [5.41, 5.74) is 1.23. The van der Waals surface area contributed by atoms with Gasteiger partial charge < -0.3 is 9.26 Å². The zero-order valence-electron chi connectivity index (χ0n) is 9.69. The molecule has 0 aromatic heterocycles. The van der Waals surface area contributed by atoms with Gasteiger partial charge in [-0.15, -0.1) is 0 Å². The van der Waals surface area contributed by atoms with Crippen LogP contribution in [0.15, 0.2) is 30.3 Å². The minimum Gasteiger partial charge on any atom is -0.374 e. The molecule has 16 heavy (non-hydrogen) atoms. The van der Waals surface area contributed by atoms with Gasteiger partial charge in [0.25, 0.3) is 0 Å². The lowest BCUT2D eigenvalue weighted by molar-refractivity contribution is 0.0336. The van der Waals surface area contributed by atoms with Crippen LogP contribution in [-0.4, -0.2) is 18.9 Å². The van der Waals surface area contributed by atoms with Crippen LogP contribution in [0.5, 0.6) is 0 Å². The van der Waals surface area contributed by atoms with E-state index in [9.17, 15) is 0 Å². The van der Waals surface area contributed by atoms with Gasteiger partial charge in [-0.3, -0.25) is 0 Å². The van der Waals surface area contributed by atoms with Crippen molar-refractivity contribution in [3.05, 3.63) is 35.9 Å². The van der Waals surface area contributed by atoms with Crippen molar-refractivity contribution in [2.24, 2.45) is 5.92 Å². The second-order valence-electron chi connectivity index (χ2n) is 4.43. The highest BCUT2D eigenvalue weighted by molar-refractivity contribution is 7.32. The van der Waals surface area contributed by atoms with Crippen molar-refractivity contribution < 1.29 is 9.26 Å². The summed E-state index contributed by atoms with van der Waals surface area (Å²) in [6.45, 7) is 3.71. The van der Waals surface area contributed by atoms with Crippen LogP contribution in [-0.2, 0) is 15.9 Å². The molecule has 0 radical (unpaired) electrons. The summed E-state index contributed by atoms with van der Waals surface area (Å²) in [4.78, 5) is 0. The van der Waals surface area contributed by atoms with E-state index in [0.29, 0.717) is 21.5 Å². The van der Waals surface area contributed by atoms with Crippen molar-refractivity contribution in [1.29, 1.82) is 0 Å². The van der Waals surface area contributed by atoms with Crippen LogP contribution in [0.25, 0.3) is 0 Å². The molecule has 3 heteroatoms. The largest absolute Gasteiger partial charge is 0.374 e. The second-order valence-corrected chi connectivity index (χ2v) is 5.36.